The fraction of sp³-hybridized carbons (Fsp3) is 0.350. The van der Waals surface area contributed by atoms with Gasteiger partial charge < -0.3 is 19.5 Å². The quantitative estimate of drug-likeness (QED) is 0.824. The van der Waals surface area contributed by atoms with Crippen molar-refractivity contribution >= 4 is 11.6 Å². The van der Waals surface area contributed by atoms with Gasteiger partial charge in [0.05, 0.1) is 27.2 Å². The lowest BCUT2D eigenvalue weighted by molar-refractivity contribution is -0.116. The first-order chi connectivity index (χ1) is 12.0. The molecule has 2 rings (SSSR count). The van der Waals surface area contributed by atoms with Gasteiger partial charge in [-0.05, 0) is 49.6 Å². The van der Waals surface area contributed by atoms with Gasteiger partial charge in [-0.3, -0.25) is 4.79 Å². The fourth-order valence-electron chi connectivity index (χ4n) is 2.46. The number of nitrogens with one attached hydrogen (secondary N) is 1. The molecule has 0 saturated carbocycles. The predicted molar refractivity (Wildman–Crippen MR) is 98.9 cm³/mol. The molecule has 0 saturated heterocycles. The highest BCUT2D eigenvalue weighted by atomic mass is 16.5. The van der Waals surface area contributed by atoms with E-state index in [4.69, 9.17) is 14.2 Å². The van der Waals surface area contributed by atoms with E-state index in [2.05, 4.69) is 5.32 Å². The lowest BCUT2D eigenvalue weighted by Gasteiger charge is -2.14. The fourth-order valence-corrected chi connectivity index (χ4v) is 2.46. The topological polar surface area (TPSA) is 56.8 Å². The minimum absolute atomic E-state index is 0.111. The molecule has 0 spiro atoms. The van der Waals surface area contributed by atoms with E-state index < -0.39 is 0 Å². The summed E-state index contributed by atoms with van der Waals surface area (Å²) < 4.78 is 16.3. The van der Waals surface area contributed by atoms with Crippen LogP contribution < -0.4 is 19.5 Å². The van der Waals surface area contributed by atoms with Crippen LogP contribution in [0.4, 0.5) is 5.69 Å². The van der Waals surface area contributed by atoms with Crippen molar-refractivity contribution in [2.45, 2.75) is 27.2 Å². The Kier molecular flexibility index (Phi) is 6.28. The maximum absolute atomic E-state index is 12.2. The number of benzene rings is 2. The molecule has 0 fully saturated rings. The van der Waals surface area contributed by atoms with Crippen LogP contribution in [0.1, 0.15) is 23.1 Å². The number of rotatable bonds is 7. The lowest BCUT2D eigenvalue weighted by Crippen LogP contribution is -2.16. The summed E-state index contributed by atoms with van der Waals surface area (Å²) >= 11 is 0. The first-order valence-electron chi connectivity index (χ1n) is 8.17. The first kappa shape index (κ1) is 18.6. The summed E-state index contributed by atoms with van der Waals surface area (Å²) in [5.74, 6) is 1.92. The molecule has 0 aliphatic rings. The molecule has 5 nitrogen and oxygen atoms in total. The third-order valence-corrected chi connectivity index (χ3v) is 4.15. The van der Waals surface area contributed by atoms with Crippen LogP contribution in [0.3, 0.4) is 0 Å². The minimum Gasteiger partial charge on any atom is -0.493 e. The van der Waals surface area contributed by atoms with Crippen LogP contribution in [0.2, 0.25) is 0 Å². The van der Waals surface area contributed by atoms with E-state index in [1.165, 1.54) is 5.56 Å². The van der Waals surface area contributed by atoms with Crippen molar-refractivity contribution in [1.29, 1.82) is 0 Å². The Morgan fingerprint density at radius 1 is 0.960 bits per heavy atom. The highest BCUT2D eigenvalue weighted by molar-refractivity contribution is 5.92. The molecular weight excluding hydrogens is 318 g/mol. The summed E-state index contributed by atoms with van der Waals surface area (Å²) in [5, 5.41) is 2.89. The Labute approximate surface area is 148 Å². The molecule has 0 atom stereocenters. The van der Waals surface area contributed by atoms with Gasteiger partial charge in [0.1, 0.15) is 5.75 Å². The van der Waals surface area contributed by atoms with Gasteiger partial charge in [0.15, 0.2) is 11.5 Å². The van der Waals surface area contributed by atoms with Gasteiger partial charge in [-0.2, -0.15) is 0 Å². The zero-order chi connectivity index (χ0) is 18.4. The molecule has 0 aromatic heterocycles. The molecule has 1 amide bonds. The molecule has 2 aromatic rings. The lowest BCUT2D eigenvalue weighted by atomic mass is 10.1. The number of carbonyl (C=O) groups excluding carboxylic acids is 1. The third kappa shape index (κ3) is 4.66. The zero-order valence-corrected chi connectivity index (χ0v) is 15.4. The Hall–Kier alpha value is -2.69. The average Bonchev–Trinajstić information content (AvgIpc) is 2.60. The van der Waals surface area contributed by atoms with Crippen LogP contribution in [0.15, 0.2) is 30.3 Å². The van der Waals surface area contributed by atoms with Gasteiger partial charge in [0.2, 0.25) is 5.91 Å². The largest absolute Gasteiger partial charge is 0.493 e. The monoisotopic (exact) mass is 343 g/mol. The zero-order valence-electron chi connectivity index (χ0n) is 15.4. The van der Waals surface area contributed by atoms with Gasteiger partial charge in [-0.15, -0.1) is 0 Å². The molecule has 0 radical (unpaired) electrons. The predicted octanol–water partition coefficient (Wildman–Crippen LogP) is 4.04. The summed E-state index contributed by atoms with van der Waals surface area (Å²) in [6.07, 6.45) is 0.265. The average molecular weight is 343 g/mol. The molecule has 5 heteroatoms. The summed E-state index contributed by atoms with van der Waals surface area (Å²) in [6.45, 7) is 6.28. The summed E-state index contributed by atoms with van der Waals surface area (Å²) in [7, 11) is 3.15. The van der Waals surface area contributed by atoms with E-state index >= 15 is 0 Å². The van der Waals surface area contributed by atoms with Crippen LogP contribution >= 0.6 is 0 Å². The van der Waals surface area contributed by atoms with Crippen LogP contribution in [0.25, 0.3) is 0 Å². The van der Waals surface area contributed by atoms with E-state index in [1.807, 2.05) is 45.0 Å². The number of anilines is 1. The molecule has 0 bridgehead atoms. The molecule has 25 heavy (non-hydrogen) atoms. The molecule has 1 N–H and O–H groups in total. The third-order valence-electron chi connectivity index (χ3n) is 4.15. The normalized spacial score (nSPS) is 10.3. The van der Waals surface area contributed by atoms with Crippen molar-refractivity contribution in [2.75, 3.05) is 26.1 Å². The second kappa shape index (κ2) is 8.42. The molecule has 0 aliphatic heterocycles. The standard InChI is InChI=1S/C20H25NO4/c1-13-7-6-8-17(15(13)3)25-10-9-20(22)21-16-12-19(24-5)18(23-4)11-14(16)2/h6-8,11-12H,9-10H2,1-5H3,(H,21,22). The molecular formula is C20H25NO4. The van der Waals surface area contributed by atoms with E-state index in [0.717, 1.165) is 16.9 Å². The van der Waals surface area contributed by atoms with Gasteiger partial charge in [0.25, 0.3) is 0 Å². The van der Waals surface area contributed by atoms with Crippen molar-refractivity contribution in [1.82, 2.24) is 0 Å². The summed E-state index contributed by atoms with van der Waals surface area (Å²) in [4.78, 5) is 12.2. The Bertz CT molecular complexity index is 756. The number of aryl methyl sites for hydroxylation is 2. The van der Waals surface area contributed by atoms with Gasteiger partial charge in [0, 0.05) is 11.8 Å². The summed E-state index contributed by atoms with van der Waals surface area (Å²) in [6, 6.07) is 9.50. The van der Waals surface area contributed by atoms with Gasteiger partial charge >= 0.3 is 0 Å². The smallest absolute Gasteiger partial charge is 0.227 e. The van der Waals surface area contributed by atoms with Crippen LogP contribution in [0, 0.1) is 20.8 Å². The van der Waals surface area contributed by atoms with Crippen LogP contribution in [-0.4, -0.2) is 26.7 Å². The summed E-state index contributed by atoms with van der Waals surface area (Å²) in [5.41, 5.74) is 3.87. The number of ether oxygens (including phenoxy) is 3. The Morgan fingerprint density at radius 3 is 2.32 bits per heavy atom. The van der Waals surface area contributed by atoms with E-state index in [0.29, 0.717) is 23.8 Å². The maximum Gasteiger partial charge on any atom is 0.227 e. The van der Waals surface area contributed by atoms with Crippen molar-refractivity contribution in [3.8, 4) is 17.2 Å². The number of hydrogen-bond acceptors (Lipinski definition) is 4. The van der Waals surface area contributed by atoms with Crippen molar-refractivity contribution < 1.29 is 19.0 Å². The van der Waals surface area contributed by atoms with Crippen molar-refractivity contribution in [2.24, 2.45) is 0 Å². The maximum atomic E-state index is 12.2. The Morgan fingerprint density at radius 2 is 1.64 bits per heavy atom. The van der Waals surface area contributed by atoms with Gasteiger partial charge in [-0.25, -0.2) is 0 Å². The van der Waals surface area contributed by atoms with Crippen molar-refractivity contribution in [3.05, 3.63) is 47.0 Å². The second-order valence-electron chi connectivity index (χ2n) is 5.87. The minimum atomic E-state index is -0.111. The van der Waals surface area contributed by atoms with Gasteiger partial charge in [-0.1, -0.05) is 12.1 Å². The van der Waals surface area contributed by atoms with Crippen molar-refractivity contribution in [3.63, 3.8) is 0 Å². The Balaban J connectivity index is 1.95. The highest BCUT2D eigenvalue weighted by Gasteiger charge is 2.11. The number of amides is 1. The number of hydrogen-bond donors (Lipinski definition) is 1. The van der Waals surface area contributed by atoms with E-state index in [9.17, 15) is 4.79 Å². The van der Waals surface area contributed by atoms with E-state index in [1.54, 1.807) is 20.3 Å². The highest BCUT2D eigenvalue weighted by Crippen LogP contribution is 2.32. The SMILES string of the molecule is COc1cc(C)c(NC(=O)CCOc2cccc(C)c2C)cc1OC. The number of methoxy groups -OCH3 is 2. The number of carbonyl (C=O) groups is 1. The van der Waals surface area contributed by atoms with E-state index in [-0.39, 0.29) is 12.3 Å². The molecule has 0 heterocycles. The van der Waals surface area contributed by atoms with Crippen LogP contribution in [-0.2, 0) is 4.79 Å². The molecule has 0 aliphatic carbocycles. The molecule has 2 aromatic carbocycles. The first-order valence-corrected chi connectivity index (χ1v) is 8.17. The van der Waals surface area contributed by atoms with Crippen LogP contribution in [0.5, 0.6) is 17.2 Å². The molecule has 134 valence electrons. The second-order valence-corrected chi connectivity index (χ2v) is 5.87. The molecule has 0 unspecified atom stereocenters.